The number of fused-ring (bicyclic) bond motifs is 1. The molecule has 6 nitrogen and oxygen atoms in total. The Balaban J connectivity index is 1.86. The number of nitrogen functional groups attached to an aromatic ring is 1. The number of nitrogens with one attached hydrogen (secondary N) is 2. The Kier molecular flexibility index (Phi) is 3.14. The number of amides is 3. The van der Waals surface area contributed by atoms with Gasteiger partial charge in [-0.25, -0.2) is 0 Å². The zero-order valence-electron chi connectivity index (χ0n) is 11.8. The van der Waals surface area contributed by atoms with E-state index in [1.807, 2.05) is 6.92 Å². The molecular weight excluding hydrogens is 282 g/mol. The molecule has 4 N–H and O–H groups in total. The van der Waals surface area contributed by atoms with E-state index in [0.29, 0.717) is 22.5 Å². The Morgan fingerprint density at radius 3 is 2.50 bits per heavy atom. The second kappa shape index (κ2) is 5.00. The second-order valence-corrected chi connectivity index (χ2v) is 5.07. The molecule has 0 bridgehead atoms. The fourth-order valence-corrected chi connectivity index (χ4v) is 2.27. The van der Waals surface area contributed by atoms with Crippen LogP contribution in [0.5, 0.6) is 0 Å². The Morgan fingerprint density at radius 1 is 1.05 bits per heavy atom. The molecule has 0 saturated carbocycles. The van der Waals surface area contributed by atoms with Crippen molar-refractivity contribution in [2.75, 3.05) is 11.1 Å². The number of imide groups is 1. The smallest absolute Gasteiger partial charge is 0.259 e. The van der Waals surface area contributed by atoms with Crippen molar-refractivity contribution in [1.82, 2.24) is 5.32 Å². The van der Waals surface area contributed by atoms with Crippen LogP contribution < -0.4 is 16.4 Å². The zero-order chi connectivity index (χ0) is 15.9. The highest BCUT2D eigenvalue weighted by Gasteiger charge is 2.26. The molecule has 0 saturated heterocycles. The Hall–Kier alpha value is -3.15. The van der Waals surface area contributed by atoms with Crippen LogP contribution in [0.1, 0.15) is 36.6 Å². The number of aryl methyl sites for hydroxylation is 1. The first-order valence-electron chi connectivity index (χ1n) is 6.63. The van der Waals surface area contributed by atoms with Crippen molar-refractivity contribution in [3.63, 3.8) is 0 Å². The van der Waals surface area contributed by atoms with Gasteiger partial charge in [0.25, 0.3) is 17.7 Å². The molecule has 0 aromatic heterocycles. The first-order valence-corrected chi connectivity index (χ1v) is 6.63. The van der Waals surface area contributed by atoms with Gasteiger partial charge in [-0.3, -0.25) is 19.7 Å². The summed E-state index contributed by atoms with van der Waals surface area (Å²) >= 11 is 0. The van der Waals surface area contributed by atoms with Crippen molar-refractivity contribution >= 4 is 29.1 Å². The SMILES string of the molecule is Cc1cc(C(=O)Nc2ccc3c(c2)C(=O)NC3=O)ccc1N. The summed E-state index contributed by atoms with van der Waals surface area (Å²) in [5.41, 5.74) is 8.63. The lowest BCUT2D eigenvalue weighted by molar-refractivity contribution is 0.0878. The van der Waals surface area contributed by atoms with Gasteiger partial charge in [-0.05, 0) is 48.9 Å². The van der Waals surface area contributed by atoms with Crippen LogP contribution in [-0.4, -0.2) is 17.7 Å². The van der Waals surface area contributed by atoms with Crippen LogP contribution in [0.3, 0.4) is 0 Å². The largest absolute Gasteiger partial charge is 0.399 e. The molecule has 0 fully saturated rings. The average molecular weight is 295 g/mol. The minimum atomic E-state index is -0.459. The van der Waals surface area contributed by atoms with Crippen molar-refractivity contribution < 1.29 is 14.4 Å². The van der Waals surface area contributed by atoms with E-state index in [-0.39, 0.29) is 11.5 Å². The molecule has 1 aliphatic heterocycles. The third-order valence-corrected chi connectivity index (χ3v) is 3.53. The normalized spacial score (nSPS) is 12.8. The van der Waals surface area contributed by atoms with E-state index in [1.54, 1.807) is 24.3 Å². The maximum Gasteiger partial charge on any atom is 0.259 e. The van der Waals surface area contributed by atoms with E-state index in [1.165, 1.54) is 12.1 Å². The number of nitrogens with two attached hydrogens (primary N) is 1. The molecule has 110 valence electrons. The van der Waals surface area contributed by atoms with Crippen molar-refractivity contribution in [2.24, 2.45) is 0 Å². The minimum absolute atomic E-state index is 0.260. The molecule has 2 aromatic rings. The van der Waals surface area contributed by atoms with Gasteiger partial charge in [-0.15, -0.1) is 0 Å². The van der Waals surface area contributed by atoms with Gasteiger partial charge in [-0.2, -0.15) is 0 Å². The van der Waals surface area contributed by atoms with Crippen molar-refractivity contribution in [1.29, 1.82) is 0 Å². The Bertz CT molecular complexity index is 827. The van der Waals surface area contributed by atoms with E-state index in [4.69, 9.17) is 5.73 Å². The van der Waals surface area contributed by atoms with Gasteiger partial charge in [0, 0.05) is 16.9 Å². The fraction of sp³-hybridized carbons (Fsp3) is 0.0625. The maximum absolute atomic E-state index is 12.2. The number of anilines is 2. The summed E-state index contributed by atoms with van der Waals surface area (Å²) in [6, 6.07) is 9.56. The van der Waals surface area contributed by atoms with Gasteiger partial charge < -0.3 is 11.1 Å². The highest BCUT2D eigenvalue weighted by atomic mass is 16.2. The number of benzene rings is 2. The summed E-state index contributed by atoms with van der Waals surface area (Å²) in [7, 11) is 0. The topological polar surface area (TPSA) is 101 Å². The molecule has 0 aliphatic carbocycles. The fourth-order valence-electron chi connectivity index (χ4n) is 2.27. The maximum atomic E-state index is 12.2. The highest BCUT2D eigenvalue weighted by molar-refractivity contribution is 6.22. The van der Waals surface area contributed by atoms with E-state index in [0.717, 1.165) is 5.56 Å². The van der Waals surface area contributed by atoms with Gasteiger partial charge in [-0.1, -0.05) is 0 Å². The number of rotatable bonds is 2. The van der Waals surface area contributed by atoms with Gasteiger partial charge >= 0.3 is 0 Å². The van der Waals surface area contributed by atoms with Crippen LogP contribution in [0.15, 0.2) is 36.4 Å². The van der Waals surface area contributed by atoms with Crippen LogP contribution in [-0.2, 0) is 0 Å². The van der Waals surface area contributed by atoms with Crippen molar-refractivity contribution in [3.8, 4) is 0 Å². The average Bonchev–Trinajstić information content (AvgIpc) is 2.76. The molecule has 6 heteroatoms. The summed E-state index contributed by atoms with van der Waals surface area (Å²) in [6.07, 6.45) is 0. The quantitative estimate of drug-likeness (QED) is 0.580. The predicted molar refractivity (Wildman–Crippen MR) is 81.8 cm³/mol. The number of carbonyl (C=O) groups excluding carboxylic acids is 3. The van der Waals surface area contributed by atoms with Crippen LogP contribution in [0.4, 0.5) is 11.4 Å². The molecule has 22 heavy (non-hydrogen) atoms. The van der Waals surface area contributed by atoms with Crippen LogP contribution >= 0.6 is 0 Å². The minimum Gasteiger partial charge on any atom is -0.399 e. The first-order chi connectivity index (χ1) is 10.5. The molecule has 0 atom stereocenters. The lowest BCUT2D eigenvalue weighted by Crippen LogP contribution is -2.19. The summed E-state index contributed by atoms with van der Waals surface area (Å²) in [4.78, 5) is 35.3. The third-order valence-electron chi connectivity index (χ3n) is 3.53. The molecule has 3 rings (SSSR count). The van der Waals surface area contributed by atoms with E-state index in [2.05, 4.69) is 10.6 Å². The van der Waals surface area contributed by atoms with Crippen LogP contribution in [0.25, 0.3) is 0 Å². The van der Waals surface area contributed by atoms with Crippen molar-refractivity contribution in [2.45, 2.75) is 6.92 Å². The van der Waals surface area contributed by atoms with Gasteiger partial charge in [0.1, 0.15) is 0 Å². The van der Waals surface area contributed by atoms with E-state index < -0.39 is 11.8 Å². The molecule has 1 aliphatic rings. The van der Waals surface area contributed by atoms with Gasteiger partial charge in [0.15, 0.2) is 0 Å². The van der Waals surface area contributed by atoms with Crippen LogP contribution in [0.2, 0.25) is 0 Å². The molecule has 0 unspecified atom stereocenters. The molecule has 3 amide bonds. The Morgan fingerprint density at radius 2 is 1.77 bits per heavy atom. The highest BCUT2D eigenvalue weighted by Crippen LogP contribution is 2.21. The molecule has 0 spiro atoms. The lowest BCUT2D eigenvalue weighted by Gasteiger charge is -2.08. The molecule has 1 heterocycles. The summed E-state index contributed by atoms with van der Waals surface area (Å²) in [6.45, 7) is 1.82. The summed E-state index contributed by atoms with van der Waals surface area (Å²) in [5, 5.41) is 4.90. The monoisotopic (exact) mass is 295 g/mol. The van der Waals surface area contributed by atoms with Crippen molar-refractivity contribution in [3.05, 3.63) is 58.7 Å². The van der Waals surface area contributed by atoms with Gasteiger partial charge in [0.2, 0.25) is 0 Å². The zero-order valence-corrected chi connectivity index (χ0v) is 11.8. The number of hydrogen-bond donors (Lipinski definition) is 3. The number of hydrogen-bond acceptors (Lipinski definition) is 4. The third kappa shape index (κ3) is 2.31. The molecule has 2 aromatic carbocycles. The molecule has 0 radical (unpaired) electrons. The number of carbonyl (C=O) groups is 3. The van der Waals surface area contributed by atoms with E-state index >= 15 is 0 Å². The second-order valence-electron chi connectivity index (χ2n) is 5.07. The predicted octanol–water partition coefficient (Wildman–Crippen LogP) is 1.71. The first kappa shape index (κ1) is 13.8. The lowest BCUT2D eigenvalue weighted by atomic mass is 10.1. The summed E-state index contributed by atoms with van der Waals surface area (Å²) < 4.78 is 0. The standard InChI is InChI=1S/C16H13N3O3/c1-8-6-9(2-5-13(8)17)14(20)18-10-3-4-11-12(7-10)16(22)19-15(11)21/h2-7H,17H2,1H3,(H,18,20)(H,19,21,22). The summed E-state index contributed by atoms with van der Waals surface area (Å²) in [5.74, 6) is -1.20. The van der Waals surface area contributed by atoms with Crippen LogP contribution in [0, 0.1) is 6.92 Å². The Labute approximate surface area is 126 Å². The van der Waals surface area contributed by atoms with E-state index in [9.17, 15) is 14.4 Å². The van der Waals surface area contributed by atoms with Gasteiger partial charge in [0.05, 0.1) is 11.1 Å². The molecular formula is C16H13N3O3.